The van der Waals surface area contributed by atoms with Crippen molar-refractivity contribution >= 4 is 45.4 Å². The minimum Gasteiger partial charge on any atom is -0.458 e. The molecule has 6 rings (SSSR count). The maximum absolute atomic E-state index is 13.5. The van der Waals surface area contributed by atoms with Crippen LogP contribution in [0.2, 0.25) is 0 Å². The molecule has 0 saturated carbocycles. The summed E-state index contributed by atoms with van der Waals surface area (Å²) >= 11 is 2.27. The topological polar surface area (TPSA) is 108 Å². The molecule has 0 unspecified atom stereocenters. The van der Waals surface area contributed by atoms with Gasteiger partial charge in [-0.25, -0.2) is 9.78 Å². The number of aliphatic hydroxyl groups is 1. The molecule has 2 aliphatic rings. The van der Waals surface area contributed by atoms with Gasteiger partial charge in [-0.05, 0) is 95.8 Å². The van der Waals surface area contributed by atoms with Crippen LogP contribution in [0.15, 0.2) is 53.3 Å². The maximum Gasteiger partial charge on any atom is 0.343 e. The number of fused-ring (bicyclic) bond motifs is 5. The van der Waals surface area contributed by atoms with Crippen LogP contribution in [0.25, 0.3) is 22.3 Å². The Morgan fingerprint density at radius 3 is 2.63 bits per heavy atom. The van der Waals surface area contributed by atoms with E-state index in [9.17, 15) is 19.5 Å². The Hall–Kier alpha value is -3.57. The number of pyridine rings is 2. The average Bonchev–Trinajstić information content (AvgIpc) is 3.33. The molecule has 0 aliphatic carbocycles. The number of cyclic esters (lactones) is 1. The van der Waals surface area contributed by atoms with E-state index >= 15 is 0 Å². The van der Waals surface area contributed by atoms with Gasteiger partial charge in [0.25, 0.3) is 5.56 Å². The number of aryl methyl sites for hydroxylation is 2. The van der Waals surface area contributed by atoms with Gasteiger partial charge in [0, 0.05) is 26.5 Å². The first-order valence-electron chi connectivity index (χ1n) is 13.8. The molecule has 0 bridgehead atoms. The Morgan fingerprint density at radius 1 is 1.12 bits per heavy atom. The number of ether oxygens (including phenoxy) is 2. The molecule has 1 N–H and O–H groups in total. The maximum atomic E-state index is 13.5. The van der Waals surface area contributed by atoms with Gasteiger partial charge in [0.1, 0.15) is 12.4 Å². The van der Waals surface area contributed by atoms with E-state index in [4.69, 9.17) is 14.5 Å². The lowest BCUT2D eigenvalue weighted by molar-refractivity contribution is -0.172. The van der Waals surface area contributed by atoms with Crippen LogP contribution in [0.1, 0.15) is 60.9 Å². The number of carbonyl (C=O) groups is 2. The molecule has 0 amide bonds. The lowest BCUT2D eigenvalue weighted by Gasteiger charge is -2.31. The number of carbonyl (C=O) groups excluding carboxylic acids is 2. The lowest BCUT2D eigenvalue weighted by atomic mass is 9.86. The van der Waals surface area contributed by atoms with Crippen molar-refractivity contribution in [1.29, 1.82) is 0 Å². The minimum absolute atomic E-state index is 0.0904. The van der Waals surface area contributed by atoms with Gasteiger partial charge in [-0.3, -0.25) is 9.59 Å². The normalized spacial score (nSPS) is 17.1. The smallest absolute Gasteiger partial charge is 0.343 e. The van der Waals surface area contributed by atoms with Crippen LogP contribution in [-0.2, 0) is 45.9 Å². The predicted molar refractivity (Wildman–Crippen MR) is 162 cm³/mol. The minimum atomic E-state index is -1.87. The fourth-order valence-electron chi connectivity index (χ4n) is 5.88. The van der Waals surface area contributed by atoms with E-state index in [-0.39, 0.29) is 24.6 Å². The number of nitrogens with zero attached hydrogens (tertiary/aromatic N) is 2. The van der Waals surface area contributed by atoms with Gasteiger partial charge < -0.3 is 19.1 Å². The molecule has 41 heavy (non-hydrogen) atoms. The molecule has 4 aromatic rings. The van der Waals surface area contributed by atoms with E-state index in [1.807, 2.05) is 19.1 Å². The Balaban J connectivity index is 1.30. The fourth-order valence-corrected chi connectivity index (χ4v) is 6.24. The van der Waals surface area contributed by atoms with Crippen LogP contribution < -0.4 is 10.3 Å². The molecule has 4 heterocycles. The summed E-state index contributed by atoms with van der Waals surface area (Å²) in [7, 11) is 0. The van der Waals surface area contributed by atoms with Crippen molar-refractivity contribution in [3.63, 3.8) is 0 Å². The first-order chi connectivity index (χ1) is 19.7. The van der Waals surface area contributed by atoms with Gasteiger partial charge in [-0.15, -0.1) is 0 Å². The lowest BCUT2D eigenvalue weighted by Crippen LogP contribution is -2.44. The summed E-state index contributed by atoms with van der Waals surface area (Å²) in [5.74, 6) is -0.570. The Labute approximate surface area is 250 Å². The van der Waals surface area contributed by atoms with Crippen molar-refractivity contribution < 1.29 is 24.2 Å². The first-order valence-corrected chi connectivity index (χ1v) is 14.9. The van der Waals surface area contributed by atoms with Gasteiger partial charge in [-0.1, -0.05) is 26.0 Å². The van der Waals surface area contributed by atoms with E-state index in [0.717, 1.165) is 22.9 Å². The van der Waals surface area contributed by atoms with Crippen LogP contribution in [0, 0.1) is 3.57 Å². The van der Waals surface area contributed by atoms with Gasteiger partial charge >= 0.3 is 11.9 Å². The Morgan fingerprint density at radius 2 is 1.90 bits per heavy atom. The molecule has 1 atom stereocenters. The zero-order chi connectivity index (χ0) is 28.9. The molecule has 8 nitrogen and oxygen atoms in total. The van der Waals surface area contributed by atoms with Gasteiger partial charge in [-0.2, -0.15) is 0 Å². The molecular weight excluding hydrogens is 635 g/mol. The fraction of sp³-hybridized carbons (Fsp3) is 0.312. The van der Waals surface area contributed by atoms with Crippen LogP contribution >= 0.6 is 22.6 Å². The second-order valence-corrected chi connectivity index (χ2v) is 11.8. The molecule has 2 aliphatic heterocycles. The number of benzene rings is 2. The Kier molecular flexibility index (Phi) is 7.19. The molecular formula is C32H29IN2O6. The summed E-state index contributed by atoms with van der Waals surface area (Å²) in [5.41, 5.74) is 3.49. The predicted octanol–water partition coefficient (Wildman–Crippen LogP) is 5.17. The summed E-state index contributed by atoms with van der Waals surface area (Å²) < 4.78 is 13.7. The van der Waals surface area contributed by atoms with E-state index in [0.29, 0.717) is 59.6 Å². The number of esters is 2. The first kappa shape index (κ1) is 27.6. The highest BCUT2D eigenvalue weighted by atomic mass is 127. The Bertz CT molecular complexity index is 1780. The van der Waals surface area contributed by atoms with E-state index in [1.165, 1.54) is 9.13 Å². The van der Waals surface area contributed by atoms with Crippen LogP contribution in [0.3, 0.4) is 0 Å². The monoisotopic (exact) mass is 664 g/mol. The summed E-state index contributed by atoms with van der Waals surface area (Å²) in [6.07, 6.45) is 2.58. The summed E-state index contributed by atoms with van der Waals surface area (Å²) in [6, 6.07) is 15.4. The summed E-state index contributed by atoms with van der Waals surface area (Å²) in [5, 5.41) is 12.0. The highest BCUT2D eigenvalue weighted by molar-refractivity contribution is 14.1. The van der Waals surface area contributed by atoms with Gasteiger partial charge in [0.15, 0.2) is 5.60 Å². The van der Waals surface area contributed by atoms with Crippen LogP contribution in [0.5, 0.6) is 5.75 Å². The highest BCUT2D eigenvalue weighted by Gasteiger charge is 2.45. The molecule has 2 aromatic carbocycles. The number of halogens is 1. The SMILES string of the molecule is CCc1c2c(nc3ccc(OC(=O)CCCc4ccc(I)cc4)cc13)-c1cc3c(c(=O)n1C2)COC(=O)[C@]3(O)CC. The molecule has 9 heteroatoms. The largest absolute Gasteiger partial charge is 0.458 e. The van der Waals surface area contributed by atoms with E-state index in [2.05, 4.69) is 46.9 Å². The second kappa shape index (κ2) is 10.7. The standard InChI is InChI=1S/C32H29IN2O6/c1-3-21-22-14-20(41-28(36)7-5-6-18-8-10-19(33)11-9-18)12-13-26(22)34-29-23(21)16-35-27(29)15-25-24(30(35)37)17-40-31(38)32(25,39)4-2/h8-15,39H,3-7,16-17H2,1-2H3/t32-/m0/s1. The van der Waals surface area contributed by atoms with Gasteiger partial charge in [0.05, 0.1) is 29.0 Å². The van der Waals surface area contributed by atoms with Crippen molar-refractivity contribution in [2.75, 3.05) is 0 Å². The quantitative estimate of drug-likeness (QED) is 0.145. The molecule has 0 saturated heterocycles. The van der Waals surface area contributed by atoms with Crippen molar-refractivity contribution in [1.82, 2.24) is 9.55 Å². The second-order valence-electron chi connectivity index (χ2n) is 10.5. The zero-order valence-electron chi connectivity index (χ0n) is 22.8. The van der Waals surface area contributed by atoms with Gasteiger partial charge in [0.2, 0.25) is 0 Å². The number of hydrogen-bond donors (Lipinski definition) is 1. The summed E-state index contributed by atoms with van der Waals surface area (Å²) in [6.45, 7) is 3.88. The molecule has 210 valence electrons. The number of hydrogen-bond acceptors (Lipinski definition) is 7. The molecule has 0 spiro atoms. The average molecular weight is 664 g/mol. The van der Waals surface area contributed by atoms with E-state index < -0.39 is 11.6 Å². The third-order valence-electron chi connectivity index (χ3n) is 8.12. The van der Waals surface area contributed by atoms with Crippen molar-refractivity contribution in [2.24, 2.45) is 0 Å². The zero-order valence-corrected chi connectivity index (χ0v) is 25.0. The van der Waals surface area contributed by atoms with Crippen molar-refractivity contribution in [3.8, 4) is 17.1 Å². The van der Waals surface area contributed by atoms with E-state index in [1.54, 1.807) is 23.6 Å². The third-order valence-corrected chi connectivity index (χ3v) is 8.84. The van der Waals surface area contributed by atoms with Crippen molar-refractivity contribution in [2.45, 2.75) is 64.7 Å². The van der Waals surface area contributed by atoms with Crippen LogP contribution in [-0.4, -0.2) is 26.6 Å². The summed E-state index contributed by atoms with van der Waals surface area (Å²) in [4.78, 5) is 43.5. The molecule has 2 aromatic heterocycles. The number of aromatic nitrogens is 2. The molecule has 0 radical (unpaired) electrons. The van der Waals surface area contributed by atoms with Crippen LogP contribution in [0.4, 0.5) is 0 Å². The number of rotatable bonds is 7. The highest BCUT2D eigenvalue weighted by Crippen LogP contribution is 2.40. The van der Waals surface area contributed by atoms with Crippen molar-refractivity contribution in [3.05, 3.63) is 90.3 Å². The molecule has 0 fully saturated rings. The third kappa shape index (κ3) is 4.74.